The first-order chi connectivity index (χ1) is 9.37. The molecule has 2 rings (SSSR count). The molecule has 0 N–H and O–H groups in total. The molecule has 1 aromatic rings. The number of halogens is 2. The Morgan fingerprint density at radius 3 is 2.70 bits per heavy atom. The Morgan fingerprint density at radius 2 is 2.10 bits per heavy atom. The van der Waals surface area contributed by atoms with E-state index in [0.29, 0.717) is 21.8 Å². The van der Waals surface area contributed by atoms with Gasteiger partial charge in [-0.15, -0.1) is 11.6 Å². The third-order valence-electron chi connectivity index (χ3n) is 3.76. The predicted molar refractivity (Wildman–Crippen MR) is 85.6 cm³/mol. The van der Waals surface area contributed by atoms with Crippen molar-refractivity contribution < 1.29 is 8.42 Å². The van der Waals surface area contributed by atoms with Gasteiger partial charge in [0.05, 0.1) is 4.90 Å². The third-order valence-corrected chi connectivity index (χ3v) is 7.43. The fraction of sp³-hybridized carbons (Fsp3) is 0.571. The number of sulfonamides is 1. The highest BCUT2D eigenvalue weighted by atomic mass is 79.9. The monoisotopic (exact) mass is 379 g/mol. The van der Waals surface area contributed by atoms with Crippen LogP contribution in [0.25, 0.3) is 0 Å². The van der Waals surface area contributed by atoms with Crippen molar-refractivity contribution in [2.75, 3.05) is 6.54 Å². The Kier molecular flexibility index (Phi) is 5.16. The van der Waals surface area contributed by atoms with Crippen LogP contribution in [0.2, 0.25) is 0 Å². The lowest BCUT2D eigenvalue weighted by Crippen LogP contribution is -2.42. The van der Waals surface area contributed by atoms with Gasteiger partial charge in [-0.3, -0.25) is 0 Å². The van der Waals surface area contributed by atoms with Gasteiger partial charge in [0.2, 0.25) is 10.0 Å². The average Bonchev–Trinajstić information content (AvgIpc) is 2.41. The first-order valence-corrected chi connectivity index (χ1v) is 9.51. The van der Waals surface area contributed by atoms with Gasteiger partial charge in [-0.1, -0.05) is 12.5 Å². The van der Waals surface area contributed by atoms with Crippen LogP contribution >= 0.6 is 27.5 Å². The van der Waals surface area contributed by atoms with Crippen LogP contribution in [0, 0.1) is 6.92 Å². The fourth-order valence-corrected chi connectivity index (χ4v) is 5.52. The van der Waals surface area contributed by atoms with E-state index in [2.05, 4.69) is 15.9 Å². The first kappa shape index (κ1) is 16.3. The summed E-state index contributed by atoms with van der Waals surface area (Å²) in [5.41, 5.74) is 1.72. The van der Waals surface area contributed by atoms with E-state index in [1.807, 2.05) is 19.9 Å². The van der Waals surface area contributed by atoms with E-state index in [0.717, 1.165) is 30.4 Å². The van der Waals surface area contributed by atoms with Gasteiger partial charge in [0.25, 0.3) is 0 Å². The summed E-state index contributed by atoms with van der Waals surface area (Å²) in [5.74, 6) is 0.312. The molecule has 0 radical (unpaired) electrons. The molecular weight excluding hydrogens is 362 g/mol. The number of nitrogens with zero attached hydrogens (tertiary/aromatic N) is 1. The summed E-state index contributed by atoms with van der Waals surface area (Å²) in [6.45, 7) is 4.46. The molecule has 0 amide bonds. The van der Waals surface area contributed by atoms with Crippen molar-refractivity contribution in [1.82, 2.24) is 4.31 Å². The highest BCUT2D eigenvalue weighted by molar-refractivity contribution is 9.10. The van der Waals surface area contributed by atoms with E-state index in [1.54, 1.807) is 10.4 Å². The van der Waals surface area contributed by atoms with Gasteiger partial charge in [0.15, 0.2) is 0 Å². The topological polar surface area (TPSA) is 37.4 Å². The second-order valence-corrected chi connectivity index (χ2v) is 8.24. The van der Waals surface area contributed by atoms with Crippen molar-refractivity contribution in [3.8, 4) is 0 Å². The molecule has 0 aromatic heterocycles. The largest absolute Gasteiger partial charge is 0.244 e. The summed E-state index contributed by atoms with van der Waals surface area (Å²) >= 11 is 9.28. The standard InChI is InChI=1S/C14H19BrClNO2S/c1-10-7-12(9-16)8-13(14(10)15)20(18,19)17-6-4-3-5-11(17)2/h7-8,11H,3-6,9H2,1-2H3. The lowest BCUT2D eigenvalue weighted by molar-refractivity contribution is 0.268. The van der Waals surface area contributed by atoms with Gasteiger partial charge < -0.3 is 0 Å². The van der Waals surface area contributed by atoms with Crippen LogP contribution in [-0.2, 0) is 15.9 Å². The lowest BCUT2D eigenvalue weighted by Gasteiger charge is -2.32. The van der Waals surface area contributed by atoms with Crippen LogP contribution in [0.3, 0.4) is 0 Å². The van der Waals surface area contributed by atoms with Gasteiger partial charge in [0.1, 0.15) is 0 Å². The molecule has 1 atom stereocenters. The van der Waals surface area contributed by atoms with Crippen molar-refractivity contribution in [1.29, 1.82) is 0 Å². The Balaban J connectivity index is 2.51. The van der Waals surface area contributed by atoms with Crippen molar-refractivity contribution >= 4 is 37.6 Å². The summed E-state index contributed by atoms with van der Waals surface area (Å²) in [4.78, 5) is 0.335. The first-order valence-electron chi connectivity index (χ1n) is 6.74. The minimum absolute atomic E-state index is 0.0561. The van der Waals surface area contributed by atoms with E-state index in [9.17, 15) is 8.42 Å². The molecule has 1 unspecified atom stereocenters. The maximum absolute atomic E-state index is 12.9. The zero-order valence-electron chi connectivity index (χ0n) is 11.7. The number of benzene rings is 1. The summed E-state index contributed by atoms with van der Waals surface area (Å²) in [7, 11) is -3.47. The molecule has 1 aliphatic rings. The molecule has 3 nitrogen and oxygen atoms in total. The summed E-state index contributed by atoms with van der Waals surface area (Å²) < 4.78 is 28.0. The summed E-state index contributed by atoms with van der Waals surface area (Å²) in [5, 5.41) is 0. The second-order valence-electron chi connectivity index (χ2n) is 5.32. The summed E-state index contributed by atoms with van der Waals surface area (Å²) in [6, 6.07) is 3.65. The quantitative estimate of drug-likeness (QED) is 0.742. The Bertz CT molecular complexity index is 603. The molecule has 0 aliphatic carbocycles. The highest BCUT2D eigenvalue weighted by Crippen LogP contribution is 2.32. The molecular formula is C14H19BrClNO2S. The highest BCUT2D eigenvalue weighted by Gasteiger charge is 2.32. The maximum Gasteiger partial charge on any atom is 0.244 e. The fourth-order valence-electron chi connectivity index (χ4n) is 2.63. The molecule has 1 aliphatic heterocycles. The van der Waals surface area contributed by atoms with Crippen LogP contribution in [0.5, 0.6) is 0 Å². The third kappa shape index (κ3) is 3.06. The maximum atomic E-state index is 12.9. The molecule has 112 valence electrons. The van der Waals surface area contributed by atoms with Crippen molar-refractivity contribution in [2.24, 2.45) is 0 Å². The van der Waals surface area contributed by atoms with E-state index in [1.165, 1.54) is 0 Å². The number of alkyl halides is 1. The Morgan fingerprint density at radius 1 is 1.40 bits per heavy atom. The van der Waals surface area contributed by atoms with Gasteiger partial charge in [-0.05, 0) is 59.8 Å². The SMILES string of the molecule is Cc1cc(CCl)cc(S(=O)(=O)N2CCCCC2C)c1Br. The zero-order valence-corrected chi connectivity index (χ0v) is 14.9. The lowest BCUT2D eigenvalue weighted by atomic mass is 10.1. The van der Waals surface area contributed by atoms with Gasteiger partial charge >= 0.3 is 0 Å². The van der Waals surface area contributed by atoms with Crippen LogP contribution in [0.1, 0.15) is 37.3 Å². The molecule has 1 fully saturated rings. The number of aryl methyl sites for hydroxylation is 1. The van der Waals surface area contributed by atoms with Crippen LogP contribution < -0.4 is 0 Å². The minimum Gasteiger partial charge on any atom is -0.207 e. The van der Waals surface area contributed by atoms with Crippen LogP contribution in [0.4, 0.5) is 0 Å². The zero-order chi connectivity index (χ0) is 14.9. The number of hydrogen-bond acceptors (Lipinski definition) is 2. The molecule has 1 aromatic carbocycles. The average molecular weight is 381 g/mol. The molecule has 0 bridgehead atoms. The van der Waals surface area contributed by atoms with E-state index < -0.39 is 10.0 Å². The van der Waals surface area contributed by atoms with Gasteiger partial charge in [-0.25, -0.2) is 8.42 Å². The van der Waals surface area contributed by atoms with Crippen molar-refractivity contribution in [2.45, 2.75) is 49.9 Å². The van der Waals surface area contributed by atoms with Crippen LogP contribution in [0.15, 0.2) is 21.5 Å². The second kappa shape index (κ2) is 6.34. The molecule has 1 heterocycles. The Labute approximate surface area is 134 Å². The van der Waals surface area contributed by atoms with E-state index in [4.69, 9.17) is 11.6 Å². The number of piperidine rings is 1. The Hall–Kier alpha value is -0.100. The van der Waals surface area contributed by atoms with Crippen molar-refractivity contribution in [3.63, 3.8) is 0 Å². The normalized spacial score (nSPS) is 21.1. The summed E-state index contributed by atoms with van der Waals surface area (Å²) in [6.07, 6.45) is 2.94. The molecule has 20 heavy (non-hydrogen) atoms. The molecule has 6 heteroatoms. The number of hydrogen-bond donors (Lipinski definition) is 0. The van der Waals surface area contributed by atoms with Gasteiger partial charge in [0, 0.05) is 22.9 Å². The molecule has 1 saturated heterocycles. The molecule has 0 saturated carbocycles. The molecule has 0 spiro atoms. The number of rotatable bonds is 3. The van der Waals surface area contributed by atoms with E-state index >= 15 is 0 Å². The predicted octanol–water partition coefficient (Wildman–Crippen LogP) is 4.06. The van der Waals surface area contributed by atoms with E-state index in [-0.39, 0.29) is 6.04 Å². The van der Waals surface area contributed by atoms with Gasteiger partial charge in [-0.2, -0.15) is 4.31 Å². The minimum atomic E-state index is -3.47. The van der Waals surface area contributed by atoms with Crippen molar-refractivity contribution in [3.05, 3.63) is 27.7 Å². The smallest absolute Gasteiger partial charge is 0.207 e. The van der Waals surface area contributed by atoms with Crippen LogP contribution in [-0.4, -0.2) is 25.3 Å².